The summed E-state index contributed by atoms with van der Waals surface area (Å²) in [7, 11) is 1.77. The van der Waals surface area contributed by atoms with Crippen LogP contribution in [0.2, 0.25) is 0 Å². The van der Waals surface area contributed by atoms with E-state index in [1.807, 2.05) is 0 Å². The molecule has 0 spiro atoms. The van der Waals surface area contributed by atoms with Crippen molar-refractivity contribution in [1.29, 1.82) is 0 Å². The molecular weight excluding hydrogens is 224 g/mol. The summed E-state index contributed by atoms with van der Waals surface area (Å²) in [6.45, 7) is 1.57. The summed E-state index contributed by atoms with van der Waals surface area (Å²) in [5, 5.41) is 0. The predicted octanol–water partition coefficient (Wildman–Crippen LogP) is 2.05. The summed E-state index contributed by atoms with van der Waals surface area (Å²) in [6.07, 6.45) is 3.19. The Balaban J connectivity index is 2.50. The first-order valence-corrected chi connectivity index (χ1v) is 5.18. The van der Waals surface area contributed by atoms with Gasteiger partial charge in [-0.15, -0.1) is 0 Å². The Morgan fingerprint density at radius 2 is 2.06 bits per heavy atom. The standard InChI is InChI=1S/C12H13F2N3/c1-7-3-4-8(13)10(11(7)14)12(15)9-5-17(2)6-16-9/h3-6,12H,15H2,1-2H3. The third-order valence-electron chi connectivity index (χ3n) is 2.67. The zero-order valence-electron chi connectivity index (χ0n) is 9.61. The molecule has 1 heterocycles. The molecule has 0 aliphatic heterocycles. The largest absolute Gasteiger partial charge is 0.340 e. The molecule has 5 heteroatoms. The van der Waals surface area contributed by atoms with E-state index in [0.29, 0.717) is 11.3 Å². The van der Waals surface area contributed by atoms with E-state index < -0.39 is 17.7 Å². The molecule has 1 aromatic carbocycles. The third kappa shape index (κ3) is 2.06. The van der Waals surface area contributed by atoms with E-state index in [9.17, 15) is 8.78 Å². The van der Waals surface area contributed by atoms with Crippen LogP contribution in [0, 0.1) is 18.6 Å². The van der Waals surface area contributed by atoms with Crippen LogP contribution < -0.4 is 5.73 Å². The fourth-order valence-electron chi connectivity index (χ4n) is 1.70. The summed E-state index contributed by atoms with van der Waals surface area (Å²) in [4.78, 5) is 4.01. The molecule has 1 unspecified atom stereocenters. The van der Waals surface area contributed by atoms with Gasteiger partial charge in [-0.2, -0.15) is 0 Å². The average Bonchev–Trinajstić information content (AvgIpc) is 2.71. The molecule has 0 aliphatic rings. The Morgan fingerprint density at radius 3 is 2.65 bits per heavy atom. The number of imidazole rings is 1. The van der Waals surface area contributed by atoms with Gasteiger partial charge in [0.25, 0.3) is 0 Å². The second kappa shape index (κ2) is 4.25. The van der Waals surface area contributed by atoms with Gasteiger partial charge in [0.1, 0.15) is 11.6 Å². The van der Waals surface area contributed by atoms with Crippen molar-refractivity contribution in [3.05, 3.63) is 53.1 Å². The predicted molar refractivity (Wildman–Crippen MR) is 60.3 cm³/mol. The van der Waals surface area contributed by atoms with Crippen molar-refractivity contribution < 1.29 is 8.78 Å². The van der Waals surface area contributed by atoms with Crippen LogP contribution in [0.15, 0.2) is 24.7 Å². The van der Waals surface area contributed by atoms with Crippen molar-refractivity contribution in [2.45, 2.75) is 13.0 Å². The van der Waals surface area contributed by atoms with Gasteiger partial charge in [-0.1, -0.05) is 6.07 Å². The molecule has 90 valence electrons. The van der Waals surface area contributed by atoms with Gasteiger partial charge in [0.2, 0.25) is 0 Å². The number of nitrogens with two attached hydrogens (primary N) is 1. The minimum absolute atomic E-state index is 0.135. The lowest BCUT2D eigenvalue weighted by Gasteiger charge is -2.13. The maximum Gasteiger partial charge on any atom is 0.134 e. The number of halogens is 2. The summed E-state index contributed by atoms with van der Waals surface area (Å²) in [6, 6.07) is 1.71. The lowest BCUT2D eigenvalue weighted by atomic mass is 10.0. The summed E-state index contributed by atoms with van der Waals surface area (Å²) >= 11 is 0. The van der Waals surface area contributed by atoms with E-state index in [1.54, 1.807) is 31.1 Å². The third-order valence-corrected chi connectivity index (χ3v) is 2.67. The highest BCUT2D eigenvalue weighted by atomic mass is 19.1. The molecule has 1 aromatic heterocycles. The average molecular weight is 237 g/mol. The lowest BCUT2D eigenvalue weighted by Crippen LogP contribution is -2.16. The van der Waals surface area contributed by atoms with Crippen molar-refractivity contribution in [2.24, 2.45) is 12.8 Å². The first-order chi connectivity index (χ1) is 8.00. The highest BCUT2D eigenvalue weighted by Crippen LogP contribution is 2.25. The van der Waals surface area contributed by atoms with Crippen LogP contribution in [-0.2, 0) is 7.05 Å². The fraction of sp³-hybridized carbons (Fsp3) is 0.250. The highest BCUT2D eigenvalue weighted by Gasteiger charge is 2.21. The molecule has 1 atom stereocenters. The number of nitrogens with zero attached hydrogens (tertiary/aromatic N) is 2. The monoisotopic (exact) mass is 237 g/mol. The maximum atomic E-state index is 13.9. The molecule has 0 saturated carbocycles. The highest BCUT2D eigenvalue weighted by molar-refractivity contribution is 5.33. The van der Waals surface area contributed by atoms with Crippen LogP contribution in [0.1, 0.15) is 22.9 Å². The second-order valence-corrected chi connectivity index (χ2v) is 4.03. The summed E-state index contributed by atoms with van der Waals surface area (Å²) in [5.41, 5.74) is 6.52. The quantitative estimate of drug-likeness (QED) is 0.868. The molecule has 0 bridgehead atoms. The fourth-order valence-corrected chi connectivity index (χ4v) is 1.70. The number of aryl methyl sites for hydroxylation is 2. The van der Waals surface area contributed by atoms with E-state index in [1.165, 1.54) is 12.1 Å². The normalized spacial score (nSPS) is 12.8. The van der Waals surface area contributed by atoms with Gasteiger partial charge in [0.15, 0.2) is 0 Å². The van der Waals surface area contributed by atoms with E-state index in [4.69, 9.17) is 5.73 Å². The van der Waals surface area contributed by atoms with Gasteiger partial charge in [0, 0.05) is 18.8 Å². The van der Waals surface area contributed by atoms with Crippen LogP contribution in [-0.4, -0.2) is 9.55 Å². The zero-order chi connectivity index (χ0) is 12.6. The van der Waals surface area contributed by atoms with E-state index in [-0.39, 0.29) is 5.56 Å². The van der Waals surface area contributed by atoms with E-state index >= 15 is 0 Å². The van der Waals surface area contributed by atoms with Gasteiger partial charge >= 0.3 is 0 Å². The van der Waals surface area contributed by atoms with E-state index in [0.717, 1.165) is 0 Å². The van der Waals surface area contributed by atoms with E-state index in [2.05, 4.69) is 4.98 Å². The van der Waals surface area contributed by atoms with Gasteiger partial charge in [0.05, 0.1) is 18.1 Å². The number of hydrogen-bond donors (Lipinski definition) is 1. The Morgan fingerprint density at radius 1 is 1.35 bits per heavy atom. The molecule has 0 radical (unpaired) electrons. The SMILES string of the molecule is Cc1ccc(F)c(C(N)c2cn(C)cn2)c1F. The van der Waals surface area contributed by atoms with Crippen LogP contribution in [0.25, 0.3) is 0 Å². The molecule has 2 N–H and O–H groups in total. The van der Waals surface area contributed by atoms with Crippen molar-refractivity contribution in [3.63, 3.8) is 0 Å². The maximum absolute atomic E-state index is 13.9. The number of rotatable bonds is 2. The smallest absolute Gasteiger partial charge is 0.134 e. The second-order valence-electron chi connectivity index (χ2n) is 4.03. The Hall–Kier alpha value is -1.75. The van der Waals surface area contributed by atoms with Crippen LogP contribution in [0.5, 0.6) is 0 Å². The molecule has 0 amide bonds. The van der Waals surface area contributed by atoms with Gasteiger partial charge in [-0.05, 0) is 18.6 Å². The number of benzene rings is 1. The van der Waals surface area contributed by atoms with Crippen molar-refractivity contribution >= 4 is 0 Å². The summed E-state index contributed by atoms with van der Waals surface area (Å²) < 4.78 is 29.2. The molecule has 2 aromatic rings. The van der Waals surface area contributed by atoms with Crippen LogP contribution in [0.3, 0.4) is 0 Å². The first-order valence-electron chi connectivity index (χ1n) is 5.18. The van der Waals surface area contributed by atoms with Crippen LogP contribution >= 0.6 is 0 Å². The van der Waals surface area contributed by atoms with Gasteiger partial charge < -0.3 is 10.3 Å². The minimum atomic E-state index is -0.893. The van der Waals surface area contributed by atoms with Crippen molar-refractivity contribution in [1.82, 2.24) is 9.55 Å². The minimum Gasteiger partial charge on any atom is -0.340 e. The Kier molecular flexibility index (Phi) is 2.93. The molecule has 0 fully saturated rings. The molecule has 0 aliphatic carbocycles. The molecule has 3 nitrogen and oxygen atoms in total. The topological polar surface area (TPSA) is 43.8 Å². The molecule has 17 heavy (non-hydrogen) atoms. The van der Waals surface area contributed by atoms with Gasteiger partial charge in [-0.25, -0.2) is 13.8 Å². The molecule has 0 saturated heterocycles. The lowest BCUT2D eigenvalue weighted by molar-refractivity contribution is 0.536. The van der Waals surface area contributed by atoms with Gasteiger partial charge in [-0.3, -0.25) is 0 Å². The Labute approximate surface area is 97.9 Å². The summed E-state index contributed by atoms with van der Waals surface area (Å²) in [5.74, 6) is -1.26. The van der Waals surface area contributed by atoms with Crippen molar-refractivity contribution in [2.75, 3.05) is 0 Å². The number of aromatic nitrogens is 2. The molecular formula is C12H13F2N3. The Bertz CT molecular complexity index is 549. The van der Waals surface area contributed by atoms with Crippen molar-refractivity contribution in [3.8, 4) is 0 Å². The molecule has 2 rings (SSSR count). The first kappa shape index (κ1) is 11.7. The van der Waals surface area contributed by atoms with Crippen LogP contribution in [0.4, 0.5) is 8.78 Å². The zero-order valence-corrected chi connectivity index (χ0v) is 9.61. The number of hydrogen-bond acceptors (Lipinski definition) is 2.